The molecule has 0 aliphatic heterocycles. The molecule has 0 aromatic rings. The quantitative estimate of drug-likeness (QED) is 0.502. The Kier molecular flexibility index (Phi) is 5.62. The van der Waals surface area contributed by atoms with E-state index in [1.165, 1.54) is 12.2 Å². The van der Waals surface area contributed by atoms with Crippen LogP contribution >= 0.6 is 0 Å². The Morgan fingerprint density at radius 1 is 0.917 bits per heavy atom. The lowest BCUT2D eigenvalue weighted by Gasteiger charge is -2.20. The molecular weight excluding hydrogens is 156 g/mol. The first-order valence-corrected chi connectivity index (χ1v) is 3.89. The van der Waals surface area contributed by atoms with Crippen molar-refractivity contribution in [2.24, 2.45) is 0 Å². The van der Waals surface area contributed by atoms with Gasteiger partial charge < -0.3 is 15.3 Å². The van der Waals surface area contributed by atoms with Gasteiger partial charge in [0.2, 0.25) is 0 Å². The Morgan fingerprint density at radius 2 is 1.25 bits per heavy atom. The molecule has 3 heteroatoms. The van der Waals surface area contributed by atoms with E-state index in [1.54, 1.807) is 0 Å². The highest BCUT2D eigenvalue weighted by Crippen LogP contribution is 2.07. The van der Waals surface area contributed by atoms with E-state index in [1.807, 2.05) is 0 Å². The molecule has 0 radical (unpaired) electrons. The van der Waals surface area contributed by atoms with Gasteiger partial charge in [-0.3, -0.25) is 0 Å². The normalized spacial score (nSPS) is 17.9. The zero-order valence-corrected chi connectivity index (χ0v) is 7.06. The number of rotatable bonds is 6. The van der Waals surface area contributed by atoms with Gasteiger partial charge in [0, 0.05) is 0 Å². The summed E-state index contributed by atoms with van der Waals surface area (Å²) in [6.07, 6.45) is 0.518. The Balaban J connectivity index is 3.88. The minimum Gasteiger partial charge on any atom is -0.390 e. The Bertz CT molecular complexity index is 129. The molecule has 2 unspecified atom stereocenters. The number of hydrogen-bond acceptors (Lipinski definition) is 3. The highest BCUT2D eigenvalue weighted by Gasteiger charge is 2.22. The van der Waals surface area contributed by atoms with Gasteiger partial charge in [-0.15, -0.1) is 13.2 Å². The fraction of sp³-hybridized carbons (Fsp3) is 0.556. The van der Waals surface area contributed by atoms with E-state index in [0.29, 0.717) is 0 Å². The fourth-order valence-corrected chi connectivity index (χ4v) is 0.877. The maximum absolute atomic E-state index is 9.25. The van der Waals surface area contributed by atoms with Crippen LogP contribution < -0.4 is 0 Å². The van der Waals surface area contributed by atoms with Crippen LogP contribution in [0.3, 0.4) is 0 Å². The van der Waals surface area contributed by atoms with Crippen LogP contribution in [0.1, 0.15) is 12.8 Å². The molecule has 12 heavy (non-hydrogen) atoms. The van der Waals surface area contributed by atoms with E-state index >= 15 is 0 Å². The van der Waals surface area contributed by atoms with Gasteiger partial charge in [0.15, 0.2) is 0 Å². The minimum absolute atomic E-state index is 0.273. The Labute approximate surface area is 72.7 Å². The van der Waals surface area contributed by atoms with Crippen molar-refractivity contribution < 1.29 is 15.3 Å². The van der Waals surface area contributed by atoms with Crippen molar-refractivity contribution in [2.45, 2.75) is 31.2 Å². The van der Waals surface area contributed by atoms with Gasteiger partial charge in [-0.1, -0.05) is 12.2 Å². The molecule has 0 fully saturated rings. The van der Waals surface area contributed by atoms with Crippen LogP contribution in [0.5, 0.6) is 0 Å². The van der Waals surface area contributed by atoms with Gasteiger partial charge in [-0.25, -0.2) is 0 Å². The molecule has 0 bridgehead atoms. The van der Waals surface area contributed by atoms with Gasteiger partial charge >= 0.3 is 0 Å². The smallest absolute Gasteiger partial charge is 0.106 e. The zero-order valence-electron chi connectivity index (χ0n) is 7.06. The molecule has 0 aromatic carbocycles. The van der Waals surface area contributed by atoms with E-state index < -0.39 is 18.3 Å². The SMILES string of the molecule is C=CCC(O)C(O)C(O)CC=C. The second-order valence-corrected chi connectivity index (χ2v) is 2.67. The third kappa shape index (κ3) is 3.67. The van der Waals surface area contributed by atoms with E-state index in [2.05, 4.69) is 13.2 Å². The first-order chi connectivity index (χ1) is 5.63. The molecule has 0 aromatic heterocycles. The van der Waals surface area contributed by atoms with Crippen LogP contribution in [0.25, 0.3) is 0 Å². The highest BCUT2D eigenvalue weighted by atomic mass is 16.4. The maximum Gasteiger partial charge on any atom is 0.106 e. The van der Waals surface area contributed by atoms with Crippen LogP contribution in [0, 0.1) is 0 Å². The largest absolute Gasteiger partial charge is 0.390 e. The van der Waals surface area contributed by atoms with E-state index in [-0.39, 0.29) is 12.8 Å². The van der Waals surface area contributed by atoms with E-state index in [9.17, 15) is 15.3 Å². The summed E-state index contributed by atoms with van der Waals surface area (Å²) in [6.45, 7) is 6.83. The summed E-state index contributed by atoms with van der Waals surface area (Å²) in [5.41, 5.74) is 0. The van der Waals surface area contributed by atoms with Crippen LogP contribution in [0.15, 0.2) is 25.3 Å². The zero-order chi connectivity index (χ0) is 9.56. The predicted molar refractivity (Wildman–Crippen MR) is 47.6 cm³/mol. The molecule has 0 spiro atoms. The molecule has 70 valence electrons. The van der Waals surface area contributed by atoms with Crippen molar-refractivity contribution in [3.63, 3.8) is 0 Å². The van der Waals surface area contributed by atoms with Crippen LogP contribution in [-0.2, 0) is 0 Å². The predicted octanol–water partition coefficient (Wildman–Crippen LogP) is 0.221. The summed E-state index contributed by atoms with van der Waals surface area (Å²) in [4.78, 5) is 0. The molecule has 3 N–H and O–H groups in total. The maximum atomic E-state index is 9.25. The van der Waals surface area contributed by atoms with Crippen molar-refractivity contribution >= 4 is 0 Å². The molecule has 0 saturated heterocycles. The van der Waals surface area contributed by atoms with Crippen molar-refractivity contribution in [1.29, 1.82) is 0 Å². The molecule has 2 atom stereocenters. The summed E-state index contributed by atoms with van der Waals surface area (Å²) in [5, 5.41) is 27.7. The third-order valence-electron chi connectivity index (χ3n) is 1.60. The monoisotopic (exact) mass is 172 g/mol. The van der Waals surface area contributed by atoms with Crippen molar-refractivity contribution in [1.82, 2.24) is 0 Å². The van der Waals surface area contributed by atoms with E-state index in [0.717, 1.165) is 0 Å². The topological polar surface area (TPSA) is 60.7 Å². The first-order valence-electron chi connectivity index (χ1n) is 3.89. The molecule has 0 rings (SSSR count). The lowest BCUT2D eigenvalue weighted by atomic mass is 10.0. The second kappa shape index (κ2) is 5.94. The molecule has 0 aliphatic carbocycles. The Hall–Kier alpha value is -0.640. The number of hydrogen-bond donors (Lipinski definition) is 3. The van der Waals surface area contributed by atoms with Crippen molar-refractivity contribution in [2.75, 3.05) is 0 Å². The molecule has 3 nitrogen and oxygen atoms in total. The summed E-state index contributed by atoms with van der Waals surface area (Å²) in [5.74, 6) is 0. The minimum atomic E-state index is -1.12. The molecule has 0 heterocycles. The lowest BCUT2D eigenvalue weighted by molar-refractivity contribution is -0.0558. The lowest BCUT2D eigenvalue weighted by Crippen LogP contribution is -2.36. The standard InChI is InChI=1S/C9H16O3/c1-3-5-7(10)9(12)8(11)6-4-2/h3-4,7-12H,1-2,5-6H2. The molecular formula is C9H16O3. The van der Waals surface area contributed by atoms with Crippen molar-refractivity contribution in [3.8, 4) is 0 Å². The molecule has 0 aliphatic rings. The average molecular weight is 172 g/mol. The summed E-state index contributed by atoms with van der Waals surface area (Å²) in [6, 6.07) is 0. The fourth-order valence-electron chi connectivity index (χ4n) is 0.877. The summed E-state index contributed by atoms with van der Waals surface area (Å²) >= 11 is 0. The number of aliphatic hydroxyl groups is 3. The van der Waals surface area contributed by atoms with Crippen molar-refractivity contribution in [3.05, 3.63) is 25.3 Å². The third-order valence-corrected chi connectivity index (χ3v) is 1.60. The summed E-state index contributed by atoms with van der Waals surface area (Å²) in [7, 11) is 0. The highest BCUT2D eigenvalue weighted by molar-refractivity contribution is 4.84. The van der Waals surface area contributed by atoms with Gasteiger partial charge in [-0.2, -0.15) is 0 Å². The Morgan fingerprint density at radius 3 is 1.50 bits per heavy atom. The first kappa shape index (κ1) is 11.4. The second-order valence-electron chi connectivity index (χ2n) is 2.67. The van der Waals surface area contributed by atoms with Gasteiger partial charge in [0.1, 0.15) is 6.10 Å². The number of aliphatic hydroxyl groups excluding tert-OH is 3. The van der Waals surface area contributed by atoms with Crippen LogP contribution in [-0.4, -0.2) is 33.6 Å². The van der Waals surface area contributed by atoms with Crippen LogP contribution in [0.2, 0.25) is 0 Å². The van der Waals surface area contributed by atoms with E-state index in [4.69, 9.17) is 0 Å². The molecule has 0 saturated carbocycles. The summed E-state index contributed by atoms with van der Waals surface area (Å²) < 4.78 is 0. The van der Waals surface area contributed by atoms with Gasteiger partial charge in [0.25, 0.3) is 0 Å². The average Bonchev–Trinajstić information content (AvgIpc) is 2.04. The van der Waals surface area contributed by atoms with Gasteiger partial charge in [0.05, 0.1) is 12.2 Å². The molecule has 0 amide bonds. The van der Waals surface area contributed by atoms with Crippen LogP contribution in [0.4, 0.5) is 0 Å². The van der Waals surface area contributed by atoms with Gasteiger partial charge in [-0.05, 0) is 12.8 Å².